The average molecular weight is 487 g/mol. The van der Waals surface area contributed by atoms with Crippen LogP contribution in [0.1, 0.15) is 13.8 Å². The van der Waals surface area contributed by atoms with Crippen LogP contribution in [0, 0.1) is 0 Å². The van der Waals surface area contributed by atoms with E-state index in [9.17, 15) is 0 Å². The Hall–Kier alpha value is -1.39. The monoisotopic (exact) mass is 486 g/mol. The number of ether oxygens (including phenoxy) is 6. The summed E-state index contributed by atoms with van der Waals surface area (Å²) in [4.78, 5) is 3.70. The summed E-state index contributed by atoms with van der Waals surface area (Å²) in [6.07, 6.45) is 0. The molecule has 6 nitrogen and oxygen atoms in total. The van der Waals surface area contributed by atoms with E-state index < -0.39 is 0 Å². The molecule has 0 saturated heterocycles. The minimum atomic E-state index is -0.0130. The molecule has 2 rings (SSSR count). The third-order valence-corrected chi connectivity index (χ3v) is 7.64. The van der Waals surface area contributed by atoms with Gasteiger partial charge in [-0.3, -0.25) is 0 Å². The summed E-state index contributed by atoms with van der Waals surface area (Å²) in [6.45, 7) is 3.97. The SMILES string of the molecule is COc1cc(SC(C)OC)c(OC)cc1Sc1cc(OC)c(SC(C)OC)cc1OC. The van der Waals surface area contributed by atoms with Crippen molar-refractivity contribution in [3.63, 3.8) is 0 Å². The lowest BCUT2D eigenvalue weighted by molar-refractivity contribution is 0.187. The topological polar surface area (TPSA) is 55.4 Å². The van der Waals surface area contributed by atoms with Gasteiger partial charge >= 0.3 is 0 Å². The molecule has 0 N–H and O–H groups in total. The van der Waals surface area contributed by atoms with Crippen molar-refractivity contribution in [1.82, 2.24) is 0 Å². The second kappa shape index (κ2) is 12.6. The van der Waals surface area contributed by atoms with E-state index in [1.54, 1.807) is 66.2 Å². The Bertz CT molecular complexity index is 792. The zero-order valence-corrected chi connectivity index (χ0v) is 21.6. The Morgan fingerprint density at radius 2 is 0.806 bits per heavy atom. The van der Waals surface area contributed by atoms with Gasteiger partial charge in [0.25, 0.3) is 0 Å². The van der Waals surface area contributed by atoms with Gasteiger partial charge in [0.2, 0.25) is 0 Å². The zero-order chi connectivity index (χ0) is 23.0. The summed E-state index contributed by atoms with van der Waals surface area (Å²) in [5, 5.41) is 0. The maximum absolute atomic E-state index is 5.67. The molecule has 2 atom stereocenters. The van der Waals surface area contributed by atoms with E-state index in [0.29, 0.717) is 0 Å². The molecular weight excluding hydrogens is 456 g/mol. The predicted molar refractivity (Wildman–Crippen MR) is 128 cm³/mol. The van der Waals surface area contributed by atoms with Gasteiger partial charge in [-0.25, -0.2) is 0 Å². The first-order valence-electron chi connectivity index (χ1n) is 9.49. The molecule has 0 heterocycles. The predicted octanol–water partition coefficient (Wildman–Crippen LogP) is 6.04. The molecule has 0 radical (unpaired) electrons. The Morgan fingerprint density at radius 3 is 1.10 bits per heavy atom. The van der Waals surface area contributed by atoms with Crippen molar-refractivity contribution in [3.8, 4) is 23.0 Å². The molecule has 2 unspecified atom stereocenters. The normalized spacial score (nSPS) is 12.9. The van der Waals surface area contributed by atoms with Crippen LogP contribution in [0.5, 0.6) is 23.0 Å². The molecule has 0 saturated carbocycles. The fourth-order valence-electron chi connectivity index (χ4n) is 2.60. The minimum Gasteiger partial charge on any atom is -0.496 e. The van der Waals surface area contributed by atoms with Crippen molar-refractivity contribution in [2.75, 3.05) is 42.7 Å². The first-order chi connectivity index (χ1) is 14.9. The lowest BCUT2D eigenvalue weighted by Gasteiger charge is -2.18. The summed E-state index contributed by atoms with van der Waals surface area (Å²) in [7, 11) is 9.99. The highest BCUT2D eigenvalue weighted by molar-refractivity contribution is 8.00. The molecule has 31 heavy (non-hydrogen) atoms. The molecule has 0 bridgehead atoms. The smallest absolute Gasteiger partial charge is 0.134 e. The van der Waals surface area contributed by atoms with Crippen molar-refractivity contribution < 1.29 is 28.4 Å². The molecule has 0 aliphatic rings. The standard InChI is InChI=1S/C22H30O6S3/c1-13(23-3)29-19-9-17(27-7)21(11-15(19)25-5)31-22-12-16(26-6)20(10-18(22)28-8)30-14(2)24-4/h9-14H,1-8H3. The van der Waals surface area contributed by atoms with E-state index in [1.165, 1.54) is 11.8 Å². The van der Waals surface area contributed by atoms with Crippen LogP contribution in [-0.2, 0) is 9.47 Å². The van der Waals surface area contributed by atoms with Crippen LogP contribution in [0.15, 0.2) is 43.8 Å². The molecule has 2 aromatic rings. The van der Waals surface area contributed by atoms with Crippen LogP contribution in [0.4, 0.5) is 0 Å². The van der Waals surface area contributed by atoms with Crippen LogP contribution < -0.4 is 18.9 Å². The van der Waals surface area contributed by atoms with Crippen molar-refractivity contribution in [2.24, 2.45) is 0 Å². The summed E-state index contributed by atoms with van der Waals surface area (Å²) < 4.78 is 33.3. The summed E-state index contributed by atoms with van der Waals surface area (Å²) in [5.74, 6) is 2.99. The van der Waals surface area contributed by atoms with E-state index in [2.05, 4.69) is 0 Å². The van der Waals surface area contributed by atoms with E-state index in [0.717, 1.165) is 42.6 Å². The van der Waals surface area contributed by atoms with Crippen molar-refractivity contribution in [2.45, 2.75) is 44.3 Å². The van der Waals surface area contributed by atoms with Crippen LogP contribution in [0.3, 0.4) is 0 Å². The molecule has 0 amide bonds. The Balaban J connectivity index is 2.46. The van der Waals surface area contributed by atoms with Gasteiger partial charge in [0.15, 0.2) is 0 Å². The zero-order valence-electron chi connectivity index (χ0n) is 19.1. The minimum absolute atomic E-state index is 0.0130. The summed E-state index contributed by atoms with van der Waals surface area (Å²) in [5.41, 5.74) is -0.0259. The van der Waals surface area contributed by atoms with Gasteiger partial charge in [0, 0.05) is 14.2 Å². The number of thioether (sulfide) groups is 2. The number of rotatable bonds is 12. The van der Waals surface area contributed by atoms with Gasteiger partial charge in [-0.2, -0.15) is 0 Å². The molecule has 172 valence electrons. The second-order valence-corrected chi connectivity index (χ2v) is 10.0. The van der Waals surface area contributed by atoms with Crippen LogP contribution in [0.25, 0.3) is 0 Å². The molecular formula is C22H30O6S3. The lowest BCUT2D eigenvalue weighted by Crippen LogP contribution is -2.00. The first kappa shape index (κ1) is 25.9. The third kappa shape index (κ3) is 6.79. The largest absolute Gasteiger partial charge is 0.496 e. The van der Waals surface area contributed by atoms with Crippen molar-refractivity contribution in [3.05, 3.63) is 24.3 Å². The summed E-state index contributed by atoms with van der Waals surface area (Å²) >= 11 is 4.66. The maximum atomic E-state index is 5.67. The van der Waals surface area contributed by atoms with Crippen molar-refractivity contribution in [1.29, 1.82) is 0 Å². The van der Waals surface area contributed by atoms with E-state index in [-0.39, 0.29) is 10.9 Å². The Morgan fingerprint density at radius 1 is 0.516 bits per heavy atom. The van der Waals surface area contributed by atoms with Gasteiger partial charge in [0.05, 0.1) is 48.0 Å². The van der Waals surface area contributed by atoms with Crippen LogP contribution in [0.2, 0.25) is 0 Å². The van der Waals surface area contributed by atoms with E-state index in [4.69, 9.17) is 28.4 Å². The van der Waals surface area contributed by atoms with Crippen LogP contribution >= 0.6 is 35.3 Å². The van der Waals surface area contributed by atoms with Gasteiger partial charge in [0.1, 0.15) is 33.9 Å². The quantitative estimate of drug-likeness (QED) is 0.264. The molecule has 0 fully saturated rings. The number of hydrogen-bond donors (Lipinski definition) is 0. The number of benzene rings is 2. The fourth-order valence-corrected chi connectivity index (χ4v) is 5.43. The maximum Gasteiger partial charge on any atom is 0.134 e. The highest BCUT2D eigenvalue weighted by Gasteiger charge is 2.19. The number of methoxy groups -OCH3 is 6. The molecule has 0 aromatic heterocycles. The van der Waals surface area contributed by atoms with Crippen LogP contribution in [-0.4, -0.2) is 53.5 Å². The van der Waals surface area contributed by atoms with Gasteiger partial charge in [-0.15, -0.1) is 0 Å². The van der Waals surface area contributed by atoms with Gasteiger partial charge in [-0.1, -0.05) is 35.3 Å². The van der Waals surface area contributed by atoms with E-state index >= 15 is 0 Å². The van der Waals surface area contributed by atoms with Gasteiger partial charge in [-0.05, 0) is 38.1 Å². The molecule has 0 spiro atoms. The average Bonchev–Trinajstić information content (AvgIpc) is 2.79. The van der Waals surface area contributed by atoms with E-state index in [1.807, 2.05) is 38.1 Å². The summed E-state index contributed by atoms with van der Waals surface area (Å²) in [6, 6.07) is 7.87. The second-order valence-electron chi connectivity index (χ2n) is 6.25. The molecule has 9 heteroatoms. The Kier molecular flexibility index (Phi) is 10.5. The van der Waals surface area contributed by atoms with Crippen molar-refractivity contribution >= 4 is 35.3 Å². The van der Waals surface area contributed by atoms with Gasteiger partial charge < -0.3 is 28.4 Å². The number of hydrogen-bond acceptors (Lipinski definition) is 9. The highest BCUT2D eigenvalue weighted by atomic mass is 32.2. The molecule has 0 aliphatic heterocycles. The Labute approximate surface area is 197 Å². The molecule has 2 aromatic carbocycles. The fraction of sp³-hybridized carbons (Fsp3) is 0.455. The molecule has 0 aliphatic carbocycles. The lowest BCUT2D eigenvalue weighted by atomic mass is 10.3. The highest BCUT2D eigenvalue weighted by Crippen LogP contribution is 2.48. The first-order valence-corrected chi connectivity index (χ1v) is 12.1. The third-order valence-electron chi connectivity index (χ3n) is 4.37.